The fourth-order valence-electron chi connectivity index (χ4n) is 1.29. The van der Waals surface area contributed by atoms with Crippen molar-refractivity contribution in [3.8, 4) is 0 Å². The molecule has 15 heavy (non-hydrogen) atoms. The number of carbonyl (C=O) groups excluding carboxylic acids is 1. The lowest BCUT2D eigenvalue weighted by Crippen LogP contribution is -2.42. The van der Waals surface area contributed by atoms with Gasteiger partial charge in [-0.05, 0) is 31.9 Å². The highest BCUT2D eigenvalue weighted by Crippen LogP contribution is 2.32. The van der Waals surface area contributed by atoms with Crippen LogP contribution in [-0.2, 0) is 11.3 Å². The van der Waals surface area contributed by atoms with Gasteiger partial charge < -0.3 is 11.1 Å². The predicted molar refractivity (Wildman–Crippen MR) is 64.3 cm³/mol. The highest BCUT2D eigenvalue weighted by Gasteiger charge is 2.45. The molecule has 1 amide bonds. The summed E-state index contributed by atoms with van der Waals surface area (Å²) in [6.45, 7) is 2.66. The molecule has 0 saturated heterocycles. The van der Waals surface area contributed by atoms with Crippen LogP contribution in [0.3, 0.4) is 0 Å². The average molecular weight is 247 g/mol. The van der Waals surface area contributed by atoms with Gasteiger partial charge in [-0.25, -0.2) is 0 Å². The lowest BCUT2D eigenvalue weighted by Gasteiger charge is -2.08. The standard InChI is InChI=1S/C10H14N2OS.ClH/c1-7-2-3-8(14-7)6-12-9(13)10(11)4-5-10;/h2-3H,4-6,11H2,1H3,(H,12,13);1H. The first kappa shape index (κ1) is 12.5. The minimum atomic E-state index is -0.549. The van der Waals surface area contributed by atoms with E-state index in [1.807, 2.05) is 6.07 Å². The number of aryl methyl sites for hydroxylation is 1. The van der Waals surface area contributed by atoms with Gasteiger partial charge in [-0.1, -0.05) is 0 Å². The summed E-state index contributed by atoms with van der Waals surface area (Å²) in [4.78, 5) is 13.9. The zero-order valence-corrected chi connectivity index (χ0v) is 10.2. The van der Waals surface area contributed by atoms with E-state index in [1.54, 1.807) is 11.3 Å². The van der Waals surface area contributed by atoms with Crippen LogP contribution >= 0.6 is 23.7 Å². The van der Waals surface area contributed by atoms with Gasteiger partial charge in [-0.3, -0.25) is 4.79 Å². The van der Waals surface area contributed by atoms with Crippen molar-refractivity contribution in [2.75, 3.05) is 0 Å². The molecular formula is C10H15ClN2OS. The van der Waals surface area contributed by atoms with E-state index in [-0.39, 0.29) is 18.3 Å². The second-order valence-electron chi connectivity index (χ2n) is 3.85. The molecule has 1 saturated carbocycles. The molecule has 0 bridgehead atoms. The third kappa shape index (κ3) is 2.93. The van der Waals surface area contributed by atoms with Gasteiger partial charge in [0.05, 0.1) is 12.1 Å². The second kappa shape index (κ2) is 4.51. The summed E-state index contributed by atoms with van der Waals surface area (Å²) in [6, 6.07) is 4.10. The van der Waals surface area contributed by atoms with Crippen LogP contribution in [0.2, 0.25) is 0 Å². The van der Waals surface area contributed by atoms with Gasteiger partial charge >= 0.3 is 0 Å². The first-order valence-corrected chi connectivity index (χ1v) is 5.54. The molecule has 5 heteroatoms. The SMILES string of the molecule is Cc1ccc(CNC(=O)C2(N)CC2)s1.Cl. The third-order valence-corrected chi connectivity index (χ3v) is 3.46. The smallest absolute Gasteiger partial charge is 0.240 e. The van der Waals surface area contributed by atoms with E-state index < -0.39 is 5.54 Å². The number of nitrogens with one attached hydrogen (secondary N) is 1. The molecular weight excluding hydrogens is 232 g/mol. The molecule has 1 heterocycles. The Morgan fingerprint density at radius 3 is 2.73 bits per heavy atom. The van der Waals surface area contributed by atoms with E-state index >= 15 is 0 Å². The zero-order chi connectivity index (χ0) is 10.2. The summed E-state index contributed by atoms with van der Waals surface area (Å²) in [7, 11) is 0. The van der Waals surface area contributed by atoms with E-state index in [0.717, 1.165) is 12.8 Å². The molecule has 0 radical (unpaired) electrons. The van der Waals surface area contributed by atoms with Crippen molar-refractivity contribution >= 4 is 29.7 Å². The number of thiophene rings is 1. The maximum absolute atomic E-state index is 11.5. The summed E-state index contributed by atoms with van der Waals surface area (Å²) in [6.07, 6.45) is 1.64. The summed E-state index contributed by atoms with van der Waals surface area (Å²) >= 11 is 1.71. The Labute approximate surface area is 99.5 Å². The maximum atomic E-state index is 11.5. The van der Waals surface area contributed by atoms with Crippen LogP contribution in [0.15, 0.2) is 12.1 Å². The third-order valence-electron chi connectivity index (χ3n) is 2.46. The number of hydrogen-bond acceptors (Lipinski definition) is 3. The second-order valence-corrected chi connectivity index (χ2v) is 5.22. The number of hydrogen-bond donors (Lipinski definition) is 2. The maximum Gasteiger partial charge on any atom is 0.240 e. The Balaban J connectivity index is 0.00000112. The number of nitrogens with two attached hydrogens (primary N) is 1. The summed E-state index contributed by atoms with van der Waals surface area (Å²) in [5.74, 6) is -0.0106. The van der Waals surface area contributed by atoms with Crippen molar-refractivity contribution in [2.24, 2.45) is 5.73 Å². The van der Waals surface area contributed by atoms with Gasteiger partial charge in [0.15, 0.2) is 0 Å². The quantitative estimate of drug-likeness (QED) is 0.851. The van der Waals surface area contributed by atoms with Crippen LogP contribution in [0.4, 0.5) is 0 Å². The van der Waals surface area contributed by atoms with Crippen LogP contribution in [0, 0.1) is 6.92 Å². The summed E-state index contributed by atoms with van der Waals surface area (Å²) in [5.41, 5.74) is 5.20. The fraction of sp³-hybridized carbons (Fsp3) is 0.500. The average Bonchev–Trinajstić information content (AvgIpc) is 2.76. The Hall–Kier alpha value is -0.580. The van der Waals surface area contributed by atoms with Crippen molar-refractivity contribution in [1.29, 1.82) is 0 Å². The molecule has 0 aliphatic heterocycles. The Bertz CT molecular complexity index is 360. The van der Waals surface area contributed by atoms with Crippen LogP contribution in [0.25, 0.3) is 0 Å². The number of halogens is 1. The minimum absolute atomic E-state index is 0. The van der Waals surface area contributed by atoms with Crippen molar-refractivity contribution in [1.82, 2.24) is 5.32 Å². The first-order valence-electron chi connectivity index (χ1n) is 4.73. The number of carbonyl (C=O) groups is 1. The largest absolute Gasteiger partial charge is 0.350 e. The van der Waals surface area contributed by atoms with Crippen molar-refractivity contribution in [3.05, 3.63) is 21.9 Å². The molecule has 1 aromatic heterocycles. The molecule has 0 unspecified atom stereocenters. The zero-order valence-electron chi connectivity index (χ0n) is 8.58. The molecule has 2 rings (SSSR count). The lowest BCUT2D eigenvalue weighted by atomic mass is 10.3. The van der Waals surface area contributed by atoms with Crippen molar-refractivity contribution in [2.45, 2.75) is 31.8 Å². The van der Waals surface area contributed by atoms with Gasteiger partial charge in [-0.2, -0.15) is 0 Å². The molecule has 0 spiro atoms. The molecule has 1 aliphatic carbocycles. The molecule has 1 aliphatic rings. The van der Waals surface area contributed by atoms with Crippen LogP contribution in [-0.4, -0.2) is 11.4 Å². The van der Waals surface area contributed by atoms with E-state index in [2.05, 4.69) is 18.3 Å². The molecule has 84 valence electrons. The van der Waals surface area contributed by atoms with Crippen LogP contribution in [0.1, 0.15) is 22.6 Å². The fourth-order valence-corrected chi connectivity index (χ4v) is 2.12. The van der Waals surface area contributed by atoms with E-state index in [0.29, 0.717) is 6.54 Å². The van der Waals surface area contributed by atoms with E-state index in [1.165, 1.54) is 9.75 Å². The van der Waals surface area contributed by atoms with Crippen molar-refractivity contribution < 1.29 is 4.79 Å². The molecule has 0 atom stereocenters. The van der Waals surface area contributed by atoms with Crippen LogP contribution in [0.5, 0.6) is 0 Å². The van der Waals surface area contributed by atoms with Gasteiger partial charge in [0.2, 0.25) is 5.91 Å². The van der Waals surface area contributed by atoms with Crippen LogP contribution < -0.4 is 11.1 Å². The Morgan fingerprint density at radius 1 is 1.60 bits per heavy atom. The molecule has 1 fully saturated rings. The summed E-state index contributed by atoms with van der Waals surface area (Å²) in [5, 5.41) is 2.86. The summed E-state index contributed by atoms with van der Waals surface area (Å²) < 4.78 is 0. The van der Waals surface area contributed by atoms with Gasteiger partial charge in [0, 0.05) is 9.75 Å². The van der Waals surface area contributed by atoms with Gasteiger partial charge in [0.1, 0.15) is 0 Å². The molecule has 0 aromatic carbocycles. The number of amides is 1. The topological polar surface area (TPSA) is 55.1 Å². The van der Waals surface area contributed by atoms with E-state index in [9.17, 15) is 4.79 Å². The Morgan fingerprint density at radius 2 is 2.27 bits per heavy atom. The predicted octanol–water partition coefficient (Wildman–Crippen LogP) is 1.59. The van der Waals surface area contributed by atoms with E-state index in [4.69, 9.17) is 5.73 Å². The minimum Gasteiger partial charge on any atom is -0.350 e. The molecule has 1 aromatic rings. The highest BCUT2D eigenvalue weighted by atomic mass is 35.5. The van der Waals surface area contributed by atoms with Crippen molar-refractivity contribution in [3.63, 3.8) is 0 Å². The number of rotatable bonds is 3. The lowest BCUT2D eigenvalue weighted by molar-refractivity contribution is -0.123. The first-order chi connectivity index (χ1) is 6.60. The molecule has 3 nitrogen and oxygen atoms in total. The normalized spacial score (nSPS) is 16.7. The van der Waals surface area contributed by atoms with Gasteiger partial charge in [0.25, 0.3) is 0 Å². The Kier molecular flexibility index (Phi) is 3.76. The molecule has 3 N–H and O–H groups in total. The van der Waals surface area contributed by atoms with Gasteiger partial charge in [-0.15, -0.1) is 23.7 Å². The monoisotopic (exact) mass is 246 g/mol. The highest BCUT2D eigenvalue weighted by molar-refractivity contribution is 7.11.